The summed E-state index contributed by atoms with van der Waals surface area (Å²) in [5, 5.41) is 5.93. The Balaban J connectivity index is 1.52. The lowest BCUT2D eigenvalue weighted by Gasteiger charge is -2.10. The first-order valence-electron chi connectivity index (χ1n) is 9.07. The van der Waals surface area contributed by atoms with Gasteiger partial charge < -0.3 is 20.1 Å². The number of ether oxygens (including phenoxy) is 2. The standard InChI is InChI=1S/C22H22FN3O3/c1-28-19-9-3-15(13-20(19)29-2)11-12-24-21-10-4-16(14-25-21)22(27)26-18-7-5-17(23)6-8-18/h3-10,13-14H,11-12H2,1-2H3,(H,24,25)(H,26,27). The topological polar surface area (TPSA) is 72.5 Å². The van der Waals surface area contributed by atoms with Gasteiger partial charge in [0.05, 0.1) is 19.8 Å². The third-order valence-corrected chi connectivity index (χ3v) is 4.30. The molecule has 3 aromatic rings. The number of halogens is 1. The number of anilines is 2. The Bertz CT molecular complexity index is 960. The lowest BCUT2D eigenvalue weighted by Crippen LogP contribution is -2.13. The first-order valence-corrected chi connectivity index (χ1v) is 9.07. The second kappa shape index (κ2) is 9.54. The molecule has 2 N–H and O–H groups in total. The number of aromatic nitrogens is 1. The van der Waals surface area contributed by atoms with Crippen molar-refractivity contribution < 1.29 is 18.7 Å². The van der Waals surface area contributed by atoms with Gasteiger partial charge in [-0.05, 0) is 60.5 Å². The molecule has 1 aromatic heterocycles. The molecule has 0 unspecified atom stereocenters. The third-order valence-electron chi connectivity index (χ3n) is 4.30. The fourth-order valence-electron chi connectivity index (χ4n) is 2.74. The number of rotatable bonds is 8. The first-order chi connectivity index (χ1) is 14.1. The van der Waals surface area contributed by atoms with Crippen molar-refractivity contribution in [3.8, 4) is 11.5 Å². The van der Waals surface area contributed by atoms with E-state index in [0.717, 1.165) is 12.0 Å². The van der Waals surface area contributed by atoms with Crippen molar-refractivity contribution in [1.82, 2.24) is 4.98 Å². The molecule has 1 heterocycles. The highest BCUT2D eigenvalue weighted by Gasteiger charge is 2.08. The van der Waals surface area contributed by atoms with Crippen molar-refractivity contribution in [2.75, 3.05) is 31.4 Å². The number of carbonyl (C=O) groups is 1. The van der Waals surface area contributed by atoms with E-state index < -0.39 is 0 Å². The van der Waals surface area contributed by atoms with E-state index in [0.29, 0.717) is 35.1 Å². The van der Waals surface area contributed by atoms with Crippen LogP contribution >= 0.6 is 0 Å². The average Bonchev–Trinajstić information content (AvgIpc) is 2.75. The first kappa shape index (κ1) is 20.1. The number of nitrogens with zero attached hydrogens (tertiary/aromatic N) is 1. The fourth-order valence-corrected chi connectivity index (χ4v) is 2.74. The molecule has 0 aliphatic rings. The molecule has 3 rings (SSSR count). The van der Waals surface area contributed by atoms with Crippen LogP contribution in [0.15, 0.2) is 60.8 Å². The van der Waals surface area contributed by atoms with Crippen LogP contribution in [0.3, 0.4) is 0 Å². The van der Waals surface area contributed by atoms with E-state index in [4.69, 9.17) is 9.47 Å². The second-order valence-corrected chi connectivity index (χ2v) is 6.26. The van der Waals surface area contributed by atoms with E-state index in [1.54, 1.807) is 26.4 Å². The molecule has 0 radical (unpaired) electrons. The molecule has 7 heteroatoms. The number of carbonyl (C=O) groups excluding carboxylic acids is 1. The van der Waals surface area contributed by atoms with E-state index in [-0.39, 0.29) is 11.7 Å². The molecule has 0 aliphatic heterocycles. The van der Waals surface area contributed by atoms with Gasteiger partial charge in [-0.3, -0.25) is 4.79 Å². The van der Waals surface area contributed by atoms with Crippen LogP contribution in [0.2, 0.25) is 0 Å². The van der Waals surface area contributed by atoms with Crippen LogP contribution in [0, 0.1) is 5.82 Å². The molecule has 1 amide bonds. The van der Waals surface area contributed by atoms with Gasteiger partial charge in [-0.2, -0.15) is 0 Å². The summed E-state index contributed by atoms with van der Waals surface area (Å²) in [7, 11) is 3.21. The van der Waals surface area contributed by atoms with Crippen molar-refractivity contribution in [1.29, 1.82) is 0 Å². The third kappa shape index (κ3) is 5.44. The molecular weight excluding hydrogens is 373 g/mol. The van der Waals surface area contributed by atoms with E-state index in [1.807, 2.05) is 18.2 Å². The molecule has 0 atom stereocenters. The van der Waals surface area contributed by atoms with E-state index in [2.05, 4.69) is 15.6 Å². The summed E-state index contributed by atoms with van der Waals surface area (Å²) in [6, 6.07) is 14.8. The van der Waals surface area contributed by atoms with Gasteiger partial charge in [-0.15, -0.1) is 0 Å². The zero-order chi connectivity index (χ0) is 20.6. The SMILES string of the molecule is COc1ccc(CCNc2ccc(C(=O)Nc3ccc(F)cc3)cn2)cc1OC. The summed E-state index contributed by atoms with van der Waals surface area (Å²) in [6.45, 7) is 0.670. The summed E-state index contributed by atoms with van der Waals surface area (Å²) in [5.74, 6) is 1.40. The van der Waals surface area contributed by atoms with Crippen molar-refractivity contribution in [2.24, 2.45) is 0 Å². The number of methoxy groups -OCH3 is 2. The van der Waals surface area contributed by atoms with Gasteiger partial charge in [-0.1, -0.05) is 6.07 Å². The van der Waals surface area contributed by atoms with E-state index in [1.165, 1.54) is 30.5 Å². The van der Waals surface area contributed by atoms with Gasteiger partial charge in [-0.25, -0.2) is 9.37 Å². The highest BCUT2D eigenvalue weighted by atomic mass is 19.1. The Kier molecular flexibility index (Phi) is 6.63. The summed E-state index contributed by atoms with van der Waals surface area (Å²) < 4.78 is 23.5. The molecule has 0 aliphatic carbocycles. The van der Waals surface area contributed by atoms with Gasteiger partial charge in [0.1, 0.15) is 11.6 Å². The lowest BCUT2D eigenvalue weighted by molar-refractivity contribution is 0.102. The highest BCUT2D eigenvalue weighted by molar-refractivity contribution is 6.04. The van der Waals surface area contributed by atoms with Crippen LogP contribution < -0.4 is 20.1 Å². The summed E-state index contributed by atoms with van der Waals surface area (Å²) in [4.78, 5) is 16.5. The molecular formula is C22H22FN3O3. The predicted molar refractivity (Wildman–Crippen MR) is 110 cm³/mol. The second-order valence-electron chi connectivity index (χ2n) is 6.26. The summed E-state index contributed by atoms with van der Waals surface area (Å²) in [6.07, 6.45) is 2.27. The normalized spacial score (nSPS) is 10.3. The highest BCUT2D eigenvalue weighted by Crippen LogP contribution is 2.27. The fraction of sp³-hybridized carbons (Fsp3) is 0.182. The van der Waals surface area contributed by atoms with Crippen LogP contribution in [0.5, 0.6) is 11.5 Å². The molecule has 6 nitrogen and oxygen atoms in total. The number of hydrogen-bond acceptors (Lipinski definition) is 5. The zero-order valence-electron chi connectivity index (χ0n) is 16.2. The molecule has 0 spiro atoms. The Morgan fingerprint density at radius 2 is 1.76 bits per heavy atom. The van der Waals surface area contributed by atoms with Gasteiger partial charge >= 0.3 is 0 Å². The van der Waals surface area contributed by atoms with Crippen LogP contribution in [-0.4, -0.2) is 31.7 Å². The molecule has 0 saturated carbocycles. The van der Waals surface area contributed by atoms with Crippen molar-refractivity contribution in [3.05, 3.63) is 77.7 Å². The maximum atomic E-state index is 12.9. The molecule has 2 aromatic carbocycles. The Morgan fingerprint density at radius 3 is 2.41 bits per heavy atom. The predicted octanol–water partition coefficient (Wildman–Crippen LogP) is 4.14. The van der Waals surface area contributed by atoms with Crippen LogP contribution in [0.1, 0.15) is 15.9 Å². The number of benzene rings is 2. The molecule has 29 heavy (non-hydrogen) atoms. The molecule has 0 fully saturated rings. The number of hydrogen-bond donors (Lipinski definition) is 2. The van der Waals surface area contributed by atoms with Crippen LogP contribution in [0.25, 0.3) is 0 Å². The minimum Gasteiger partial charge on any atom is -0.493 e. The summed E-state index contributed by atoms with van der Waals surface area (Å²) in [5.41, 5.74) is 2.04. The minimum absolute atomic E-state index is 0.305. The van der Waals surface area contributed by atoms with Gasteiger partial charge in [0.25, 0.3) is 5.91 Å². The molecule has 0 saturated heterocycles. The lowest BCUT2D eigenvalue weighted by atomic mass is 10.1. The quantitative estimate of drug-likeness (QED) is 0.600. The van der Waals surface area contributed by atoms with Crippen molar-refractivity contribution >= 4 is 17.4 Å². The maximum absolute atomic E-state index is 12.9. The van der Waals surface area contributed by atoms with Crippen molar-refractivity contribution in [2.45, 2.75) is 6.42 Å². The largest absolute Gasteiger partial charge is 0.493 e. The number of nitrogens with one attached hydrogen (secondary N) is 2. The number of amides is 1. The Hall–Kier alpha value is -3.61. The zero-order valence-corrected chi connectivity index (χ0v) is 16.2. The number of pyridine rings is 1. The van der Waals surface area contributed by atoms with Gasteiger partial charge in [0, 0.05) is 18.4 Å². The summed E-state index contributed by atoms with van der Waals surface area (Å²) >= 11 is 0. The monoisotopic (exact) mass is 395 g/mol. The molecule has 0 bridgehead atoms. The van der Waals surface area contributed by atoms with Crippen LogP contribution in [0.4, 0.5) is 15.9 Å². The minimum atomic E-state index is -0.354. The molecule has 150 valence electrons. The Labute approximate surface area is 168 Å². The van der Waals surface area contributed by atoms with Gasteiger partial charge in [0.15, 0.2) is 11.5 Å². The Morgan fingerprint density at radius 1 is 1.00 bits per heavy atom. The van der Waals surface area contributed by atoms with E-state index >= 15 is 0 Å². The van der Waals surface area contributed by atoms with Crippen molar-refractivity contribution in [3.63, 3.8) is 0 Å². The smallest absolute Gasteiger partial charge is 0.257 e. The maximum Gasteiger partial charge on any atom is 0.257 e. The average molecular weight is 395 g/mol. The van der Waals surface area contributed by atoms with Crippen LogP contribution in [-0.2, 0) is 6.42 Å². The van der Waals surface area contributed by atoms with Gasteiger partial charge in [0.2, 0.25) is 0 Å². The van der Waals surface area contributed by atoms with E-state index in [9.17, 15) is 9.18 Å².